The van der Waals surface area contributed by atoms with Gasteiger partial charge in [-0.2, -0.15) is 0 Å². The van der Waals surface area contributed by atoms with Crippen LogP contribution in [-0.4, -0.2) is 6.54 Å². The van der Waals surface area contributed by atoms with Gasteiger partial charge in [-0.15, -0.1) is 0 Å². The molecule has 2 N–H and O–H groups in total. The minimum absolute atomic E-state index is 0.218. The fourth-order valence-electron chi connectivity index (χ4n) is 2.09. The van der Waals surface area contributed by atoms with E-state index in [2.05, 4.69) is 11.8 Å². The van der Waals surface area contributed by atoms with Crippen molar-refractivity contribution in [3.05, 3.63) is 53.2 Å². The van der Waals surface area contributed by atoms with E-state index in [0.29, 0.717) is 6.54 Å². The van der Waals surface area contributed by atoms with Gasteiger partial charge >= 0.3 is 0 Å². The highest BCUT2D eigenvalue weighted by atomic mass is 19.1. The van der Waals surface area contributed by atoms with Crippen molar-refractivity contribution in [2.75, 3.05) is 11.4 Å². The molecule has 0 unspecified atom stereocenters. The van der Waals surface area contributed by atoms with Gasteiger partial charge in [0.1, 0.15) is 17.3 Å². The summed E-state index contributed by atoms with van der Waals surface area (Å²) in [5.74, 6) is 1.47. The molecule has 0 amide bonds. The number of furan rings is 1. The third kappa shape index (κ3) is 3.15. The summed E-state index contributed by atoms with van der Waals surface area (Å²) in [6.07, 6.45) is 0. The summed E-state index contributed by atoms with van der Waals surface area (Å²) >= 11 is 0. The van der Waals surface area contributed by atoms with E-state index < -0.39 is 0 Å². The Balaban J connectivity index is 2.18. The average molecular weight is 262 g/mol. The summed E-state index contributed by atoms with van der Waals surface area (Å²) < 4.78 is 18.5. The van der Waals surface area contributed by atoms with Gasteiger partial charge in [0.25, 0.3) is 0 Å². The standard InChI is InChI=1S/C15H19FN2O/c1-3-18(14-6-4-13(16)5-7-14)10-12-8-15(9-17)19-11(12)2/h4-8H,3,9-10,17H2,1-2H3. The Morgan fingerprint density at radius 2 is 1.95 bits per heavy atom. The molecule has 0 atom stereocenters. The molecule has 0 bridgehead atoms. The van der Waals surface area contributed by atoms with E-state index in [9.17, 15) is 4.39 Å². The molecule has 0 radical (unpaired) electrons. The van der Waals surface area contributed by atoms with Crippen LogP contribution in [0.25, 0.3) is 0 Å². The number of nitrogens with two attached hydrogens (primary N) is 1. The van der Waals surface area contributed by atoms with Gasteiger partial charge < -0.3 is 15.1 Å². The van der Waals surface area contributed by atoms with Crippen molar-refractivity contribution in [3.63, 3.8) is 0 Å². The maximum absolute atomic E-state index is 12.9. The Kier molecular flexibility index (Phi) is 4.22. The van der Waals surface area contributed by atoms with Crippen LogP contribution in [0.1, 0.15) is 24.0 Å². The minimum atomic E-state index is -0.218. The lowest BCUT2D eigenvalue weighted by atomic mass is 10.2. The van der Waals surface area contributed by atoms with Crippen LogP contribution in [-0.2, 0) is 13.1 Å². The van der Waals surface area contributed by atoms with E-state index in [0.717, 1.165) is 35.9 Å². The molecule has 0 fully saturated rings. The monoisotopic (exact) mass is 262 g/mol. The number of benzene rings is 1. The molecule has 0 saturated carbocycles. The predicted molar refractivity (Wildman–Crippen MR) is 74.5 cm³/mol. The Morgan fingerprint density at radius 1 is 1.26 bits per heavy atom. The second-order valence-corrected chi connectivity index (χ2v) is 4.49. The Hall–Kier alpha value is -1.81. The Labute approximate surface area is 112 Å². The number of aryl methyl sites for hydroxylation is 1. The SMILES string of the molecule is CCN(Cc1cc(CN)oc1C)c1ccc(F)cc1. The summed E-state index contributed by atoms with van der Waals surface area (Å²) in [7, 11) is 0. The number of anilines is 1. The van der Waals surface area contributed by atoms with Crippen LogP contribution >= 0.6 is 0 Å². The molecule has 4 heteroatoms. The second-order valence-electron chi connectivity index (χ2n) is 4.49. The van der Waals surface area contributed by atoms with Gasteiger partial charge in [-0.3, -0.25) is 0 Å². The van der Waals surface area contributed by atoms with Gasteiger partial charge in [-0.1, -0.05) is 0 Å². The Morgan fingerprint density at radius 3 is 2.47 bits per heavy atom. The van der Waals surface area contributed by atoms with Crippen LogP contribution in [0.15, 0.2) is 34.7 Å². The summed E-state index contributed by atoms with van der Waals surface area (Å²) in [6, 6.07) is 8.52. The first-order valence-corrected chi connectivity index (χ1v) is 6.42. The van der Waals surface area contributed by atoms with Gasteiger partial charge in [-0.25, -0.2) is 4.39 Å². The molecule has 2 rings (SSSR count). The molecule has 0 aliphatic rings. The highest BCUT2D eigenvalue weighted by Gasteiger charge is 2.11. The maximum atomic E-state index is 12.9. The number of halogens is 1. The molecule has 19 heavy (non-hydrogen) atoms. The fourth-order valence-corrected chi connectivity index (χ4v) is 2.09. The van der Waals surface area contributed by atoms with Crippen molar-refractivity contribution in [1.82, 2.24) is 0 Å². The van der Waals surface area contributed by atoms with Crippen LogP contribution in [0.3, 0.4) is 0 Å². The van der Waals surface area contributed by atoms with E-state index in [1.165, 1.54) is 12.1 Å². The third-order valence-corrected chi connectivity index (χ3v) is 3.21. The summed E-state index contributed by atoms with van der Waals surface area (Å²) in [6.45, 7) is 5.99. The zero-order valence-corrected chi connectivity index (χ0v) is 11.3. The van der Waals surface area contributed by atoms with Crippen molar-refractivity contribution in [3.8, 4) is 0 Å². The molecule has 3 nitrogen and oxygen atoms in total. The van der Waals surface area contributed by atoms with E-state index in [1.54, 1.807) is 12.1 Å². The number of hydrogen-bond donors (Lipinski definition) is 1. The van der Waals surface area contributed by atoms with Gasteiger partial charge in [0.2, 0.25) is 0 Å². The van der Waals surface area contributed by atoms with Crippen molar-refractivity contribution in [2.24, 2.45) is 5.73 Å². The molecule has 0 aliphatic carbocycles. The topological polar surface area (TPSA) is 42.4 Å². The third-order valence-electron chi connectivity index (χ3n) is 3.21. The van der Waals surface area contributed by atoms with Crippen molar-refractivity contribution >= 4 is 5.69 Å². The summed E-state index contributed by atoms with van der Waals surface area (Å²) in [5, 5.41) is 0. The molecule has 1 aromatic carbocycles. The first-order valence-electron chi connectivity index (χ1n) is 6.42. The van der Waals surface area contributed by atoms with Gasteiger partial charge in [-0.05, 0) is 44.2 Å². The quantitative estimate of drug-likeness (QED) is 0.899. The lowest BCUT2D eigenvalue weighted by Crippen LogP contribution is -2.22. The van der Waals surface area contributed by atoms with E-state index in [-0.39, 0.29) is 5.82 Å². The molecular formula is C15H19FN2O. The lowest BCUT2D eigenvalue weighted by molar-refractivity contribution is 0.482. The molecular weight excluding hydrogens is 243 g/mol. The molecule has 102 valence electrons. The fraction of sp³-hybridized carbons (Fsp3) is 0.333. The zero-order chi connectivity index (χ0) is 13.8. The highest BCUT2D eigenvalue weighted by Crippen LogP contribution is 2.21. The van der Waals surface area contributed by atoms with Gasteiger partial charge in [0.05, 0.1) is 6.54 Å². The molecule has 2 aromatic rings. The van der Waals surface area contributed by atoms with E-state index in [4.69, 9.17) is 10.2 Å². The van der Waals surface area contributed by atoms with Crippen LogP contribution in [0, 0.1) is 12.7 Å². The van der Waals surface area contributed by atoms with Crippen molar-refractivity contribution in [1.29, 1.82) is 0 Å². The van der Waals surface area contributed by atoms with Gasteiger partial charge in [0.15, 0.2) is 0 Å². The molecule has 0 spiro atoms. The van der Waals surface area contributed by atoms with E-state index in [1.807, 2.05) is 13.0 Å². The molecule has 0 saturated heterocycles. The van der Waals surface area contributed by atoms with Crippen LogP contribution in [0.2, 0.25) is 0 Å². The van der Waals surface area contributed by atoms with Gasteiger partial charge in [0, 0.05) is 24.3 Å². The largest absolute Gasteiger partial charge is 0.465 e. The maximum Gasteiger partial charge on any atom is 0.123 e. The van der Waals surface area contributed by atoms with Crippen LogP contribution in [0.4, 0.5) is 10.1 Å². The van der Waals surface area contributed by atoms with Crippen LogP contribution in [0.5, 0.6) is 0 Å². The zero-order valence-electron chi connectivity index (χ0n) is 11.3. The first-order chi connectivity index (χ1) is 9.13. The first kappa shape index (κ1) is 13.6. The molecule has 1 heterocycles. The lowest BCUT2D eigenvalue weighted by Gasteiger charge is -2.22. The number of rotatable bonds is 5. The van der Waals surface area contributed by atoms with Crippen molar-refractivity contribution < 1.29 is 8.81 Å². The number of hydrogen-bond acceptors (Lipinski definition) is 3. The van der Waals surface area contributed by atoms with Crippen molar-refractivity contribution in [2.45, 2.75) is 26.9 Å². The summed E-state index contributed by atoms with van der Waals surface area (Å²) in [5.41, 5.74) is 7.69. The molecule has 1 aromatic heterocycles. The molecule has 0 aliphatic heterocycles. The number of nitrogens with zero attached hydrogens (tertiary/aromatic N) is 1. The summed E-state index contributed by atoms with van der Waals surface area (Å²) in [4.78, 5) is 2.16. The second kappa shape index (κ2) is 5.89. The van der Waals surface area contributed by atoms with E-state index >= 15 is 0 Å². The minimum Gasteiger partial charge on any atom is -0.465 e. The highest BCUT2D eigenvalue weighted by molar-refractivity contribution is 5.47. The predicted octanol–water partition coefficient (Wildman–Crippen LogP) is 3.21. The average Bonchev–Trinajstić information content (AvgIpc) is 2.78. The Bertz CT molecular complexity index is 534. The van der Waals surface area contributed by atoms with Crippen LogP contribution < -0.4 is 10.6 Å². The normalized spacial score (nSPS) is 10.7. The smallest absolute Gasteiger partial charge is 0.123 e.